The molecule has 0 aromatic heterocycles. The van der Waals surface area contributed by atoms with Gasteiger partial charge < -0.3 is 15.4 Å². The topological polar surface area (TPSA) is 67.4 Å². The van der Waals surface area contributed by atoms with Crippen molar-refractivity contribution >= 4 is 11.8 Å². The Morgan fingerprint density at radius 1 is 0.842 bits per heavy atom. The molecule has 0 aliphatic carbocycles. The van der Waals surface area contributed by atoms with E-state index in [4.69, 9.17) is 4.74 Å². The largest absolute Gasteiger partial charge is 0.375 e. The molecule has 0 atom stereocenters. The molecule has 19 heavy (non-hydrogen) atoms. The predicted molar refractivity (Wildman–Crippen MR) is 75.9 cm³/mol. The highest BCUT2D eigenvalue weighted by atomic mass is 16.5. The van der Waals surface area contributed by atoms with Crippen molar-refractivity contribution < 1.29 is 14.3 Å². The summed E-state index contributed by atoms with van der Waals surface area (Å²) in [6, 6.07) is 0. The van der Waals surface area contributed by atoms with E-state index in [0.29, 0.717) is 6.42 Å². The Morgan fingerprint density at radius 3 is 1.79 bits per heavy atom. The van der Waals surface area contributed by atoms with Crippen LogP contribution in [0.4, 0.5) is 0 Å². The van der Waals surface area contributed by atoms with Gasteiger partial charge in [0.05, 0.1) is 0 Å². The first-order valence-electron chi connectivity index (χ1n) is 7.23. The van der Waals surface area contributed by atoms with Crippen LogP contribution in [-0.4, -0.2) is 38.6 Å². The van der Waals surface area contributed by atoms with Gasteiger partial charge in [-0.3, -0.25) is 9.59 Å². The van der Waals surface area contributed by atoms with Crippen molar-refractivity contribution in [2.45, 2.75) is 51.9 Å². The lowest BCUT2D eigenvalue weighted by Gasteiger charge is -2.05. The van der Waals surface area contributed by atoms with Gasteiger partial charge in [-0.2, -0.15) is 0 Å². The summed E-state index contributed by atoms with van der Waals surface area (Å²) >= 11 is 0. The molecule has 0 heterocycles. The number of amides is 2. The lowest BCUT2D eigenvalue weighted by molar-refractivity contribution is -0.124. The van der Waals surface area contributed by atoms with Gasteiger partial charge in [0.1, 0.15) is 6.61 Å². The molecule has 0 fully saturated rings. The number of unbranched alkanes of at least 4 members (excludes halogenated alkanes) is 5. The number of hydrogen-bond acceptors (Lipinski definition) is 3. The highest BCUT2D eigenvalue weighted by Crippen LogP contribution is 2.04. The predicted octanol–water partition coefficient (Wildman–Crippen LogP) is 1.62. The summed E-state index contributed by atoms with van der Waals surface area (Å²) in [7, 11) is 1.52. The zero-order chi connectivity index (χ0) is 14.3. The van der Waals surface area contributed by atoms with Crippen LogP contribution in [0.25, 0.3) is 0 Å². The third kappa shape index (κ3) is 13.1. The minimum Gasteiger partial charge on any atom is -0.375 e. The first-order chi connectivity index (χ1) is 9.20. The Morgan fingerprint density at radius 2 is 1.32 bits per heavy atom. The summed E-state index contributed by atoms with van der Waals surface area (Å²) in [5.74, 6) is 0.0842. The molecule has 0 aliphatic rings. The zero-order valence-corrected chi connectivity index (χ0v) is 12.3. The Kier molecular flexibility index (Phi) is 12.6. The molecule has 2 amide bonds. The second kappa shape index (κ2) is 13.3. The van der Waals surface area contributed by atoms with Crippen LogP contribution in [0.3, 0.4) is 0 Å². The zero-order valence-electron chi connectivity index (χ0n) is 12.3. The van der Waals surface area contributed by atoms with E-state index in [-0.39, 0.29) is 18.4 Å². The van der Waals surface area contributed by atoms with Crippen LogP contribution in [0, 0.1) is 0 Å². The van der Waals surface area contributed by atoms with E-state index in [9.17, 15) is 9.59 Å². The molecule has 5 heteroatoms. The molecule has 0 spiro atoms. The Labute approximate surface area is 116 Å². The van der Waals surface area contributed by atoms with Crippen LogP contribution in [0.2, 0.25) is 0 Å². The van der Waals surface area contributed by atoms with Gasteiger partial charge in [0, 0.05) is 26.6 Å². The molecule has 112 valence electrons. The van der Waals surface area contributed by atoms with Crippen molar-refractivity contribution in [1.29, 1.82) is 0 Å². The van der Waals surface area contributed by atoms with Crippen LogP contribution >= 0.6 is 0 Å². The number of carbonyl (C=O) groups excluding carboxylic acids is 2. The van der Waals surface area contributed by atoms with Gasteiger partial charge in [-0.15, -0.1) is 0 Å². The van der Waals surface area contributed by atoms with Gasteiger partial charge in [-0.05, 0) is 12.8 Å². The summed E-state index contributed by atoms with van der Waals surface area (Å²) in [6.45, 7) is 3.53. The van der Waals surface area contributed by atoms with Crippen LogP contribution in [0.1, 0.15) is 51.9 Å². The molecule has 0 bridgehead atoms. The standard InChI is InChI=1S/C14H28N2O3/c1-3-13(17)15-10-8-6-4-5-7-9-11-16-14(18)12-19-2/h3-12H2,1-2H3,(H,15,17)(H,16,18). The SMILES string of the molecule is CCC(=O)NCCCCCCCCNC(=O)COC. The minimum absolute atomic E-state index is 0.0471. The normalized spacial score (nSPS) is 10.2. The number of methoxy groups -OCH3 is 1. The van der Waals surface area contributed by atoms with Crippen molar-refractivity contribution in [2.75, 3.05) is 26.8 Å². The third-order valence-corrected chi connectivity index (χ3v) is 2.84. The van der Waals surface area contributed by atoms with Crippen LogP contribution in [0.5, 0.6) is 0 Å². The molecule has 0 unspecified atom stereocenters. The van der Waals surface area contributed by atoms with E-state index in [2.05, 4.69) is 10.6 Å². The molecular weight excluding hydrogens is 244 g/mol. The lowest BCUT2D eigenvalue weighted by atomic mass is 10.1. The quantitative estimate of drug-likeness (QED) is 0.530. The summed E-state index contributed by atoms with van der Waals surface area (Å²) < 4.78 is 4.72. The number of ether oxygens (including phenoxy) is 1. The monoisotopic (exact) mass is 272 g/mol. The first-order valence-corrected chi connectivity index (χ1v) is 7.23. The smallest absolute Gasteiger partial charge is 0.245 e. The van der Waals surface area contributed by atoms with E-state index in [1.165, 1.54) is 20.0 Å². The van der Waals surface area contributed by atoms with Gasteiger partial charge in [-0.1, -0.05) is 32.6 Å². The molecule has 2 N–H and O–H groups in total. The van der Waals surface area contributed by atoms with E-state index in [1.54, 1.807) is 0 Å². The maximum absolute atomic E-state index is 11.1. The van der Waals surface area contributed by atoms with Gasteiger partial charge >= 0.3 is 0 Å². The van der Waals surface area contributed by atoms with Crippen LogP contribution < -0.4 is 10.6 Å². The fraction of sp³-hybridized carbons (Fsp3) is 0.857. The van der Waals surface area contributed by atoms with Crippen LogP contribution in [-0.2, 0) is 14.3 Å². The van der Waals surface area contributed by atoms with Crippen molar-refractivity contribution in [1.82, 2.24) is 10.6 Å². The second-order valence-corrected chi connectivity index (χ2v) is 4.61. The summed E-state index contributed by atoms with van der Waals surface area (Å²) in [5.41, 5.74) is 0. The number of nitrogens with one attached hydrogen (secondary N) is 2. The molecule has 0 saturated carbocycles. The fourth-order valence-electron chi connectivity index (χ4n) is 1.72. The molecule has 0 aromatic rings. The highest BCUT2D eigenvalue weighted by molar-refractivity contribution is 5.77. The first kappa shape index (κ1) is 17.9. The van der Waals surface area contributed by atoms with Gasteiger partial charge in [0.15, 0.2) is 0 Å². The molecule has 0 saturated heterocycles. The van der Waals surface area contributed by atoms with Crippen molar-refractivity contribution in [3.63, 3.8) is 0 Å². The molecular formula is C14H28N2O3. The Hall–Kier alpha value is -1.10. The van der Waals surface area contributed by atoms with Gasteiger partial charge in [0.25, 0.3) is 0 Å². The third-order valence-electron chi connectivity index (χ3n) is 2.84. The molecule has 5 nitrogen and oxygen atoms in total. The molecule has 0 aliphatic heterocycles. The molecule has 0 radical (unpaired) electrons. The summed E-state index contributed by atoms with van der Waals surface area (Å²) in [4.78, 5) is 22.0. The van der Waals surface area contributed by atoms with E-state index in [1.807, 2.05) is 6.92 Å². The molecule has 0 aromatic carbocycles. The fourth-order valence-corrected chi connectivity index (χ4v) is 1.72. The Balaban J connectivity index is 3.11. The Bertz CT molecular complexity index is 245. The maximum atomic E-state index is 11.1. The minimum atomic E-state index is -0.0471. The second-order valence-electron chi connectivity index (χ2n) is 4.61. The van der Waals surface area contributed by atoms with Gasteiger partial charge in [0.2, 0.25) is 11.8 Å². The highest BCUT2D eigenvalue weighted by Gasteiger charge is 1.98. The van der Waals surface area contributed by atoms with E-state index >= 15 is 0 Å². The average molecular weight is 272 g/mol. The summed E-state index contributed by atoms with van der Waals surface area (Å²) in [5, 5.41) is 5.67. The number of carbonyl (C=O) groups is 2. The number of hydrogen-bond donors (Lipinski definition) is 2. The lowest BCUT2D eigenvalue weighted by Crippen LogP contribution is -2.27. The maximum Gasteiger partial charge on any atom is 0.245 e. The van der Waals surface area contributed by atoms with Gasteiger partial charge in [-0.25, -0.2) is 0 Å². The number of rotatable bonds is 12. The van der Waals surface area contributed by atoms with E-state index < -0.39 is 0 Å². The van der Waals surface area contributed by atoms with Crippen LogP contribution in [0.15, 0.2) is 0 Å². The average Bonchev–Trinajstić information content (AvgIpc) is 2.40. The van der Waals surface area contributed by atoms with Crippen molar-refractivity contribution in [3.8, 4) is 0 Å². The van der Waals surface area contributed by atoms with Crippen molar-refractivity contribution in [2.24, 2.45) is 0 Å². The van der Waals surface area contributed by atoms with Crippen molar-refractivity contribution in [3.05, 3.63) is 0 Å². The van der Waals surface area contributed by atoms with E-state index in [0.717, 1.165) is 38.8 Å². The summed E-state index contributed by atoms with van der Waals surface area (Å²) in [6.07, 6.45) is 7.29. The molecule has 0 rings (SSSR count).